The van der Waals surface area contributed by atoms with Crippen molar-refractivity contribution in [2.45, 2.75) is 19.9 Å². The lowest BCUT2D eigenvalue weighted by molar-refractivity contribution is -0.116. The number of carbonyl (C=O) groups is 1. The topological polar surface area (TPSA) is 80.1 Å². The molecule has 0 saturated carbocycles. The van der Waals surface area contributed by atoms with Crippen LogP contribution in [0.4, 0.5) is 11.5 Å². The predicted molar refractivity (Wildman–Crippen MR) is 103 cm³/mol. The molecule has 0 spiro atoms. The number of fused-ring (bicyclic) bond motifs is 1. The molecule has 3 aromatic rings. The highest BCUT2D eigenvalue weighted by molar-refractivity contribution is 5.90. The molecule has 0 aliphatic carbocycles. The number of carbonyl (C=O) groups excluding carboxylic acids is 1. The van der Waals surface area contributed by atoms with Crippen LogP contribution < -0.4 is 15.8 Å². The van der Waals surface area contributed by atoms with Gasteiger partial charge in [0.05, 0.1) is 29.1 Å². The van der Waals surface area contributed by atoms with Crippen molar-refractivity contribution in [3.05, 3.63) is 58.8 Å². The summed E-state index contributed by atoms with van der Waals surface area (Å²) in [7, 11) is 3.80. The Bertz CT molecular complexity index is 993. The van der Waals surface area contributed by atoms with E-state index in [0.717, 1.165) is 11.4 Å². The van der Waals surface area contributed by atoms with Crippen LogP contribution in [0.1, 0.15) is 12.0 Å². The monoisotopic (exact) mass is 351 g/mol. The standard InChI is InChI=1S/C19H21N5O2/c1-13-5-4-6-15-18(13)21-12-24(19(15)26)10-9-17(25)22-14-7-8-16(20-11-14)23(2)3/h4-8,11-12H,9-10H2,1-3H3,(H,22,25). The van der Waals surface area contributed by atoms with Gasteiger partial charge in [-0.3, -0.25) is 14.2 Å². The van der Waals surface area contributed by atoms with Crippen molar-refractivity contribution in [3.8, 4) is 0 Å². The van der Waals surface area contributed by atoms with Gasteiger partial charge in [0.15, 0.2) is 0 Å². The molecular weight excluding hydrogens is 330 g/mol. The van der Waals surface area contributed by atoms with Crippen molar-refractivity contribution in [1.82, 2.24) is 14.5 Å². The van der Waals surface area contributed by atoms with Crippen LogP contribution in [-0.4, -0.2) is 34.5 Å². The molecule has 2 heterocycles. The van der Waals surface area contributed by atoms with Crippen molar-refractivity contribution < 1.29 is 4.79 Å². The van der Waals surface area contributed by atoms with Crippen LogP contribution in [0.5, 0.6) is 0 Å². The van der Waals surface area contributed by atoms with Crippen molar-refractivity contribution in [2.75, 3.05) is 24.3 Å². The third-order valence-corrected chi connectivity index (χ3v) is 4.12. The predicted octanol–water partition coefficient (Wildman–Crippen LogP) is 2.19. The highest BCUT2D eigenvalue weighted by atomic mass is 16.2. The number of rotatable bonds is 5. The van der Waals surface area contributed by atoms with Gasteiger partial charge in [-0.25, -0.2) is 9.97 Å². The second-order valence-corrected chi connectivity index (χ2v) is 6.31. The Morgan fingerprint density at radius 3 is 2.69 bits per heavy atom. The first-order valence-corrected chi connectivity index (χ1v) is 8.33. The van der Waals surface area contributed by atoms with Gasteiger partial charge in [-0.05, 0) is 30.7 Å². The average molecular weight is 351 g/mol. The molecule has 2 aromatic heterocycles. The molecule has 0 saturated heterocycles. The number of pyridine rings is 1. The largest absolute Gasteiger partial charge is 0.363 e. The molecule has 1 aromatic carbocycles. The van der Waals surface area contributed by atoms with Gasteiger partial charge in [0.1, 0.15) is 5.82 Å². The minimum atomic E-state index is -0.180. The summed E-state index contributed by atoms with van der Waals surface area (Å²) in [6, 6.07) is 9.14. The Morgan fingerprint density at radius 2 is 2.00 bits per heavy atom. The smallest absolute Gasteiger partial charge is 0.261 e. The normalized spacial score (nSPS) is 10.7. The fraction of sp³-hybridized carbons (Fsp3) is 0.263. The number of aromatic nitrogens is 3. The van der Waals surface area contributed by atoms with Crippen molar-refractivity contribution in [1.29, 1.82) is 0 Å². The first kappa shape index (κ1) is 17.6. The summed E-state index contributed by atoms with van der Waals surface area (Å²) in [5.74, 6) is 0.632. The van der Waals surface area contributed by atoms with Crippen LogP contribution in [-0.2, 0) is 11.3 Å². The van der Waals surface area contributed by atoms with Crippen LogP contribution >= 0.6 is 0 Å². The molecule has 0 radical (unpaired) electrons. The lowest BCUT2D eigenvalue weighted by Gasteiger charge is -2.12. The summed E-state index contributed by atoms with van der Waals surface area (Å²) in [6.45, 7) is 2.19. The van der Waals surface area contributed by atoms with Crippen molar-refractivity contribution in [2.24, 2.45) is 0 Å². The Hall–Kier alpha value is -3.22. The zero-order valence-electron chi connectivity index (χ0n) is 15.1. The zero-order chi connectivity index (χ0) is 18.7. The molecule has 3 rings (SSSR count). The summed E-state index contributed by atoms with van der Waals surface area (Å²) in [5.41, 5.74) is 2.15. The minimum absolute atomic E-state index is 0.136. The van der Waals surface area contributed by atoms with E-state index in [-0.39, 0.29) is 24.4 Å². The number of anilines is 2. The fourth-order valence-corrected chi connectivity index (χ4v) is 2.67. The molecule has 0 atom stereocenters. The van der Waals surface area contributed by atoms with Crippen molar-refractivity contribution >= 4 is 28.3 Å². The van der Waals surface area contributed by atoms with Gasteiger partial charge in [0.2, 0.25) is 5.91 Å². The van der Waals surface area contributed by atoms with Crippen LogP contribution in [0.15, 0.2) is 47.7 Å². The van der Waals surface area contributed by atoms with Crippen molar-refractivity contribution in [3.63, 3.8) is 0 Å². The highest BCUT2D eigenvalue weighted by Gasteiger charge is 2.08. The Balaban J connectivity index is 1.67. The molecule has 26 heavy (non-hydrogen) atoms. The third kappa shape index (κ3) is 3.72. The number of aryl methyl sites for hydroxylation is 2. The van der Waals surface area contributed by atoms with Crippen LogP contribution in [0, 0.1) is 6.92 Å². The first-order chi connectivity index (χ1) is 12.5. The molecule has 0 unspecified atom stereocenters. The number of nitrogens with one attached hydrogen (secondary N) is 1. The Labute approximate surface area is 151 Å². The molecule has 1 amide bonds. The van der Waals surface area contributed by atoms with E-state index in [2.05, 4.69) is 15.3 Å². The third-order valence-electron chi connectivity index (χ3n) is 4.12. The second-order valence-electron chi connectivity index (χ2n) is 6.31. The molecule has 1 N–H and O–H groups in total. The summed E-state index contributed by atoms with van der Waals surface area (Å²) in [5, 5.41) is 3.35. The summed E-state index contributed by atoms with van der Waals surface area (Å²) in [6.07, 6.45) is 3.28. The maximum Gasteiger partial charge on any atom is 0.261 e. The van der Waals surface area contributed by atoms with E-state index in [1.54, 1.807) is 18.3 Å². The summed E-state index contributed by atoms with van der Waals surface area (Å²) >= 11 is 0. The maximum atomic E-state index is 12.5. The number of hydrogen-bond acceptors (Lipinski definition) is 5. The molecule has 7 nitrogen and oxygen atoms in total. The number of benzene rings is 1. The van der Waals surface area contributed by atoms with E-state index in [1.807, 2.05) is 44.1 Å². The quantitative estimate of drug-likeness (QED) is 0.762. The van der Waals surface area contributed by atoms with E-state index < -0.39 is 0 Å². The Kier molecular flexibility index (Phi) is 4.97. The minimum Gasteiger partial charge on any atom is -0.363 e. The molecule has 0 bridgehead atoms. The number of amides is 1. The first-order valence-electron chi connectivity index (χ1n) is 8.33. The second kappa shape index (κ2) is 7.35. The lowest BCUT2D eigenvalue weighted by Crippen LogP contribution is -2.24. The molecule has 134 valence electrons. The molecule has 7 heteroatoms. The molecule has 0 aliphatic rings. The SMILES string of the molecule is Cc1cccc2c(=O)n(CCC(=O)Nc3ccc(N(C)C)nc3)cnc12. The average Bonchev–Trinajstić information content (AvgIpc) is 2.62. The lowest BCUT2D eigenvalue weighted by atomic mass is 10.1. The van der Waals surface area contributed by atoms with Crippen LogP contribution in [0.25, 0.3) is 10.9 Å². The van der Waals surface area contributed by atoms with E-state index in [4.69, 9.17) is 0 Å². The van der Waals surface area contributed by atoms with Gasteiger partial charge < -0.3 is 10.2 Å². The van der Waals surface area contributed by atoms with Gasteiger partial charge >= 0.3 is 0 Å². The summed E-state index contributed by atoms with van der Waals surface area (Å²) in [4.78, 5) is 35.2. The number of para-hydroxylation sites is 1. The fourth-order valence-electron chi connectivity index (χ4n) is 2.67. The van der Waals surface area contributed by atoms with Crippen LogP contribution in [0.3, 0.4) is 0 Å². The molecule has 0 fully saturated rings. The Morgan fingerprint density at radius 1 is 1.19 bits per heavy atom. The zero-order valence-corrected chi connectivity index (χ0v) is 15.1. The van der Waals surface area contributed by atoms with E-state index in [1.165, 1.54) is 10.9 Å². The van der Waals surface area contributed by atoms with Gasteiger partial charge in [-0.2, -0.15) is 0 Å². The van der Waals surface area contributed by atoms with Crippen LogP contribution in [0.2, 0.25) is 0 Å². The van der Waals surface area contributed by atoms with Gasteiger partial charge in [-0.1, -0.05) is 12.1 Å². The molecular formula is C19H21N5O2. The van der Waals surface area contributed by atoms with E-state index in [9.17, 15) is 9.59 Å². The summed E-state index contributed by atoms with van der Waals surface area (Å²) < 4.78 is 1.47. The van der Waals surface area contributed by atoms with E-state index >= 15 is 0 Å². The van der Waals surface area contributed by atoms with Gasteiger partial charge in [-0.15, -0.1) is 0 Å². The van der Waals surface area contributed by atoms with Gasteiger partial charge in [0.25, 0.3) is 5.56 Å². The molecule has 0 aliphatic heterocycles. The van der Waals surface area contributed by atoms with Gasteiger partial charge in [0, 0.05) is 27.1 Å². The maximum absolute atomic E-state index is 12.5. The van der Waals surface area contributed by atoms with E-state index in [0.29, 0.717) is 16.6 Å². The number of nitrogens with zero attached hydrogens (tertiary/aromatic N) is 4. The highest BCUT2D eigenvalue weighted by Crippen LogP contribution is 2.13. The number of hydrogen-bond donors (Lipinski definition) is 1.